The highest BCUT2D eigenvalue weighted by Gasteiger charge is 2.49. The number of nitrogens with zero attached hydrogens (tertiary/aromatic N) is 2. The molecule has 5 atom stereocenters. The van der Waals surface area contributed by atoms with Crippen LogP contribution in [0.4, 0.5) is 5.82 Å². The Bertz CT molecular complexity index is 1150. The molecule has 2 aromatic rings. The van der Waals surface area contributed by atoms with E-state index < -0.39 is 42.5 Å². The zero-order chi connectivity index (χ0) is 26.5. The summed E-state index contributed by atoms with van der Waals surface area (Å²) in [7, 11) is 1.38. The number of aromatic nitrogens is 2. The van der Waals surface area contributed by atoms with E-state index in [1.807, 2.05) is 6.07 Å². The number of aliphatic hydroxyl groups excluding tert-OH is 1. The number of carbonyl (C=O) groups excluding carboxylic acids is 1. The summed E-state index contributed by atoms with van der Waals surface area (Å²) in [5, 5.41) is 13.6. The lowest BCUT2D eigenvalue weighted by atomic mass is 10.1. The molecule has 1 aliphatic heterocycles. The molecule has 0 aliphatic carbocycles. The number of benzene rings is 1. The highest BCUT2D eigenvalue weighted by molar-refractivity contribution is 8.09. The van der Waals surface area contributed by atoms with Crippen molar-refractivity contribution >= 4 is 30.2 Å². The van der Waals surface area contributed by atoms with Crippen LogP contribution in [0.2, 0.25) is 0 Å². The van der Waals surface area contributed by atoms with E-state index in [0.29, 0.717) is 5.75 Å². The Labute approximate surface area is 213 Å². The maximum absolute atomic E-state index is 12.4. The van der Waals surface area contributed by atoms with Gasteiger partial charge in [0.05, 0.1) is 6.10 Å². The van der Waals surface area contributed by atoms with Crippen LogP contribution in [-0.4, -0.2) is 58.4 Å². The number of nitrogens with two attached hydrogens (primary N) is 1. The number of carbonyl (C=O) groups is 1. The number of anilines is 1. The predicted molar refractivity (Wildman–Crippen MR) is 135 cm³/mol. The Kier molecular flexibility index (Phi) is 9.23. The molecule has 2 heterocycles. The summed E-state index contributed by atoms with van der Waals surface area (Å²) in [6, 6.07) is 9.31. The topological polar surface area (TPSA) is 156 Å². The number of rotatable bonds is 11. The third-order valence-electron chi connectivity index (χ3n) is 5.16. The summed E-state index contributed by atoms with van der Waals surface area (Å²) >= 11 is 5.71. The summed E-state index contributed by atoms with van der Waals surface area (Å²) in [6.45, 7) is 1.39. The number of para-hydroxylation sites is 1. The number of hydrogen-bond acceptors (Lipinski definition) is 11. The minimum atomic E-state index is -3.39. The second-order valence-corrected chi connectivity index (χ2v) is 11.6. The third kappa shape index (κ3) is 7.10. The van der Waals surface area contributed by atoms with Crippen molar-refractivity contribution < 1.29 is 33.2 Å². The van der Waals surface area contributed by atoms with Gasteiger partial charge in [0.15, 0.2) is 12.0 Å². The summed E-state index contributed by atoms with van der Waals surface area (Å²) in [5.41, 5.74) is 4.86. The SMILES string of the molecule is COC1(COP(=S)(NC(C)C(=O)OC(C)C)Oc2ccccc2)CC(O)C(n2ccc(N)nc2=O)O1. The monoisotopic (exact) mass is 542 g/mol. The van der Waals surface area contributed by atoms with Crippen molar-refractivity contribution in [3.8, 4) is 5.75 Å². The lowest BCUT2D eigenvalue weighted by Crippen LogP contribution is -2.40. The second kappa shape index (κ2) is 11.8. The van der Waals surface area contributed by atoms with Crippen molar-refractivity contribution in [2.75, 3.05) is 19.5 Å². The van der Waals surface area contributed by atoms with Crippen molar-refractivity contribution in [3.63, 3.8) is 0 Å². The normalized spacial score (nSPS) is 24.3. The molecule has 0 amide bonds. The second-order valence-electron chi connectivity index (χ2n) is 8.45. The van der Waals surface area contributed by atoms with Crippen LogP contribution >= 0.6 is 6.64 Å². The van der Waals surface area contributed by atoms with Crippen LogP contribution in [0, 0.1) is 0 Å². The van der Waals surface area contributed by atoms with Gasteiger partial charge in [0.1, 0.15) is 30.3 Å². The zero-order valence-electron chi connectivity index (χ0n) is 20.4. The van der Waals surface area contributed by atoms with Crippen molar-refractivity contribution in [1.29, 1.82) is 0 Å². The molecule has 0 radical (unpaired) electrons. The molecule has 0 spiro atoms. The van der Waals surface area contributed by atoms with Crippen LogP contribution in [0.25, 0.3) is 0 Å². The first-order valence-electron chi connectivity index (χ1n) is 11.2. The van der Waals surface area contributed by atoms with E-state index in [0.717, 1.165) is 4.57 Å². The fourth-order valence-electron chi connectivity index (χ4n) is 3.43. The largest absolute Gasteiger partial charge is 0.462 e. The van der Waals surface area contributed by atoms with E-state index in [1.54, 1.807) is 45.0 Å². The number of nitrogens with one attached hydrogen (secondary N) is 1. The highest BCUT2D eigenvalue weighted by Crippen LogP contribution is 2.48. The van der Waals surface area contributed by atoms with Gasteiger partial charge >= 0.3 is 18.3 Å². The van der Waals surface area contributed by atoms with Gasteiger partial charge < -0.3 is 34.1 Å². The molecule has 1 aromatic heterocycles. The maximum Gasteiger partial charge on any atom is 0.351 e. The van der Waals surface area contributed by atoms with Crippen LogP contribution < -0.4 is 21.0 Å². The van der Waals surface area contributed by atoms with Gasteiger partial charge in [-0.2, -0.15) is 4.98 Å². The molecule has 5 unspecified atom stereocenters. The molecule has 1 saturated heterocycles. The minimum Gasteiger partial charge on any atom is -0.462 e. The first-order chi connectivity index (χ1) is 17.0. The standard InChI is InChI=1S/C22H31N4O8PS/c1-14(2)32-20(28)15(3)25-35(36,34-16-8-6-5-7-9-16)31-13-22(30-4)12-17(27)19(33-22)26-11-10-18(23)24-21(26)29/h5-11,14-15,17,19,27H,12-13H2,1-4H3,(H,25,36)(H2,23,24,29). The molecule has 0 bridgehead atoms. The van der Waals surface area contributed by atoms with Crippen LogP contribution in [0.1, 0.15) is 33.4 Å². The van der Waals surface area contributed by atoms with Gasteiger partial charge in [-0.1, -0.05) is 18.2 Å². The van der Waals surface area contributed by atoms with Crippen molar-refractivity contribution in [1.82, 2.24) is 14.6 Å². The smallest absolute Gasteiger partial charge is 0.351 e. The van der Waals surface area contributed by atoms with E-state index >= 15 is 0 Å². The highest BCUT2D eigenvalue weighted by atomic mass is 32.5. The fourth-order valence-corrected chi connectivity index (χ4v) is 5.85. The lowest BCUT2D eigenvalue weighted by molar-refractivity contribution is -0.240. The molecule has 1 fully saturated rings. The molecule has 14 heteroatoms. The number of nitrogen functional groups attached to an aromatic ring is 1. The van der Waals surface area contributed by atoms with Gasteiger partial charge in [0, 0.05) is 19.7 Å². The molecule has 0 saturated carbocycles. The van der Waals surface area contributed by atoms with Gasteiger partial charge in [0.2, 0.25) is 0 Å². The summed E-state index contributed by atoms with van der Waals surface area (Å²) in [6.07, 6.45) is -1.22. The molecule has 1 aromatic carbocycles. The van der Waals surface area contributed by atoms with E-state index in [9.17, 15) is 14.7 Å². The Hall–Kier alpha value is -2.38. The first-order valence-corrected chi connectivity index (χ1v) is 13.8. The molecule has 36 heavy (non-hydrogen) atoms. The molecule has 4 N–H and O–H groups in total. The van der Waals surface area contributed by atoms with E-state index in [2.05, 4.69) is 10.1 Å². The van der Waals surface area contributed by atoms with Crippen LogP contribution in [-0.2, 0) is 35.3 Å². The van der Waals surface area contributed by atoms with Crippen molar-refractivity contribution in [2.45, 2.75) is 57.5 Å². The Morgan fingerprint density at radius 2 is 2.06 bits per heavy atom. The number of esters is 1. The van der Waals surface area contributed by atoms with Gasteiger partial charge in [-0.05, 0) is 50.8 Å². The summed E-state index contributed by atoms with van der Waals surface area (Å²) in [5.74, 6) is -1.53. The van der Waals surface area contributed by atoms with Crippen molar-refractivity contribution in [2.24, 2.45) is 0 Å². The van der Waals surface area contributed by atoms with Crippen LogP contribution in [0.5, 0.6) is 5.75 Å². The van der Waals surface area contributed by atoms with Crippen LogP contribution in [0.3, 0.4) is 0 Å². The van der Waals surface area contributed by atoms with Gasteiger partial charge in [-0.15, -0.1) is 0 Å². The molecule has 1 aliphatic rings. The van der Waals surface area contributed by atoms with Crippen molar-refractivity contribution in [3.05, 3.63) is 53.1 Å². The third-order valence-corrected chi connectivity index (χ3v) is 7.64. The molecule has 12 nitrogen and oxygen atoms in total. The predicted octanol–water partition coefficient (Wildman–Crippen LogP) is 1.70. The lowest BCUT2D eigenvalue weighted by Gasteiger charge is -2.32. The molecule has 198 valence electrons. The fraction of sp³-hybridized carbons (Fsp3) is 0.500. The molecular formula is C22H31N4O8PS. The number of methoxy groups -OCH3 is 1. The van der Waals surface area contributed by atoms with Gasteiger partial charge in [-0.25, -0.2) is 9.88 Å². The quantitative estimate of drug-likeness (QED) is 0.279. The van der Waals surface area contributed by atoms with Gasteiger partial charge in [-0.3, -0.25) is 9.36 Å². The number of hydrogen-bond donors (Lipinski definition) is 3. The maximum atomic E-state index is 12.4. The summed E-state index contributed by atoms with van der Waals surface area (Å²) in [4.78, 5) is 28.4. The first kappa shape index (κ1) is 28.2. The van der Waals surface area contributed by atoms with Crippen LogP contribution in [0.15, 0.2) is 47.4 Å². The Morgan fingerprint density at radius 3 is 2.67 bits per heavy atom. The number of ether oxygens (including phenoxy) is 3. The number of aliphatic hydroxyl groups is 1. The molecule has 3 rings (SSSR count). The Morgan fingerprint density at radius 1 is 1.36 bits per heavy atom. The van der Waals surface area contributed by atoms with E-state index in [4.69, 9.17) is 40.8 Å². The van der Waals surface area contributed by atoms with E-state index in [1.165, 1.54) is 19.4 Å². The average molecular weight is 543 g/mol. The summed E-state index contributed by atoms with van der Waals surface area (Å²) < 4.78 is 29.9. The minimum absolute atomic E-state index is 0.0417. The van der Waals surface area contributed by atoms with E-state index in [-0.39, 0.29) is 24.9 Å². The zero-order valence-corrected chi connectivity index (χ0v) is 22.1. The molecular weight excluding hydrogens is 511 g/mol. The Balaban J connectivity index is 1.80. The van der Waals surface area contributed by atoms with Gasteiger partial charge in [0.25, 0.3) is 0 Å². The average Bonchev–Trinajstić information content (AvgIpc) is 3.14.